The van der Waals surface area contributed by atoms with Crippen LogP contribution in [0.4, 0.5) is 11.4 Å². The Kier molecular flexibility index (Phi) is 7.60. The lowest BCUT2D eigenvalue weighted by Gasteiger charge is -2.23. The van der Waals surface area contributed by atoms with Crippen molar-refractivity contribution in [1.82, 2.24) is 5.32 Å². The van der Waals surface area contributed by atoms with E-state index in [0.29, 0.717) is 26.6 Å². The normalized spacial score (nSPS) is 13.5. The van der Waals surface area contributed by atoms with Gasteiger partial charge < -0.3 is 14.6 Å². The van der Waals surface area contributed by atoms with Crippen LogP contribution in [-0.4, -0.2) is 24.1 Å². The Labute approximate surface area is 212 Å². The Morgan fingerprint density at radius 3 is 2.48 bits per heavy atom. The summed E-state index contributed by atoms with van der Waals surface area (Å²) in [6.07, 6.45) is 5.15. The van der Waals surface area contributed by atoms with Gasteiger partial charge in [0.1, 0.15) is 11.5 Å². The Morgan fingerprint density at radius 1 is 1.03 bits per heavy atom. The van der Waals surface area contributed by atoms with E-state index in [9.17, 15) is 4.79 Å². The molecule has 0 radical (unpaired) electrons. The van der Waals surface area contributed by atoms with Gasteiger partial charge in [0.15, 0.2) is 5.11 Å². The number of rotatable bonds is 5. The van der Waals surface area contributed by atoms with Crippen LogP contribution in [0.3, 0.4) is 0 Å². The number of carbonyl (C=O) groups is 1. The molecule has 5 nitrogen and oxygen atoms in total. The number of hydrogen-bond donors (Lipinski definition) is 2. The summed E-state index contributed by atoms with van der Waals surface area (Å²) in [7, 11) is 0. The summed E-state index contributed by atoms with van der Waals surface area (Å²) in [6, 6.07) is 14.3. The number of anilines is 2. The average molecular weight is 521 g/mol. The van der Waals surface area contributed by atoms with Crippen LogP contribution in [0.5, 0.6) is 0 Å². The molecule has 0 saturated carbocycles. The summed E-state index contributed by atoms with van der Waals surface area (Å²) in [6.45, 7) is 1.87. The minimum Gasteiger partial charge on any atom is -0.457 e. The summed E-state index contributed by atoms with van der Waals surface area (Å²) < 4.78 is 5.76. The highest BCUT2D eigenvalue weighted by atomic mass is 35.5. The molecule has 1 aliphatic heterocycles. The van der Waals surface area contributed by atoms with E-state index < -0.39 is 0 Å². The van der Waals surface area contributed by atoms with Crippen LogP contribution < -0.4 is 15.5 Å². The van der Waals surface area contributed by atoms with Crippen molar-refractivity contribution in [2.45, 2.75) is 12.8 Å². The number of thiocarbonyl (C=S) groups is 1. The fraction of sp³-hybridized carbons (Fsp3) is 0.167. The molecule has 0 spiro atoms. The van der Waals surface area contributed by atoms with Gasteiger partial charge in [0.05, 0.1) is 16.4 Å². The van der Waals surface area contributed by atoms with Crippen molar-refractivity contribution in [3.63, 3.8) is 0 Å². The summed E-state index contributed by atoms with van der Waals surface area (Å²) >= 11 is 23.9. The molecule has 2 N–H and O–H groups in total. The molecule has 4 rings (SSSR count). The van der Waals surface area contributed by atoms with Crippen molar-refractivity contribution >= 4 is 75.5 Å². The van der Waals surface area contributed by atoms with Gasteiger partial charge in [0.2, 0.25) is 5.91 Å². The summed E-state index contributed by atoms with van der Waals surface area (Å²) in [4.78, 5) is 14.6. The number of nitrogens with zero attached hydrogens (tertiary/aromatic N) is 1. The molecular weight excluding hydrogens is 501 g/mol. The molecule has 1 aliphatic rings. The molecule has 1 amide bonds. The SMILES string of the molecule is O=C(/C=C/c1ccc(-c2cc(Cl)cc(Cl)c2)o1)NC(=S)Nc1cccc(Cl)c1N1CCCC1. The van der Waals surface area contributed by atoms with E-state index in [1.54, 1.807) is 36.4 Å². The number of amides is 1. The number of nitrogens with one attached hydrogen (secondary N) is 2. The highest BCUT2D eigenvalue weighted by Crippen LogP contribution is 2.36. The molecule has 0 atom stereocenters. The van der Waals surface area contributed by atoms with Crippen molar-refractivity contribution in [3.05, 3.63) is 75.4 Å². The number of furan rings is 1. The summed E-state index contributed by atoms with van der Waals surface area (Å²) in [5.74, 6) is 0.703. The van der Waals surface area contributed by atoms with Crippen LogP contribution in [0, 0.1) is 0 Å². The van der Waals surface area contributed by atoms with Gasteiger partial charge in [-0.25, -0.2) is 0 Å². The van der Waals surface area contributed by atoms with Crippen molar-refractivity contribution in [1.29, 1.82) is 0 Å². The quantitative estimate of drug-likeness (QED) is 0.279. The maximum Gasteiger partial charge on any atom is 0.250 e. The van der Waals surface area contributed by atoms with Gasteiger partial charge in [-0.2, -0.15) is 0 Å². The van der Waals surface area contributed by atoms with E-state index in [1.165, 1.54) is 6.08 Å². The molecule has 2 aromatic carbocycles. The van der Waals surface area contributed by atoms with E-state index in [-0.39, 0.29) is 11.0 Å². The third-order valence-electron chi connectivity index (χ3n) is 5.07. The first kappa shape index (κ1) is 23.6. The van der Waals surface area contributed by atoms with E-state index >= 15 is 0 Å². The second kappa shape index (κ2) is 10.6. The first-order chi connectivity index (χ1) is 15.9. The molecule has 170 valence electrons. The van der Waals surface area contributed by atoms with Crippen LogP contribution in [0.15, 0.2) is 59.0 Å². The highest BCUT2D eigenvalue weighted by molar-refractivity contribution is 7.80. The van der Waals surface area contributed by atoms with Crippen molar-refractivity contribution in [2.75, 3.05) is 23.3 Å². The molecule has 9 heteroatoms. The summed E-state index contributed by atoms with van der Waals surface area (Å²) in [5.41, 5.74) is 2.40. The molecule has 0 aliphatic carbocycles. The Balaban J connectivity index is 1.38. The molecule has 3 aromatic rings. The van der Waals surface area contributed by atoms with Crippen LogP contribution >= 0.6 is 47.0 Å². The van der Waals surface area contributed by atoms with Crippen LogP contribution in [-0.2, 0) is 4.79 Å². The lowest BCUT2D eigenvalue weighted by Crippen LogP contribution is -2.33. The number of carbonyl (C=O) groups excluding carboxylic acids is 1. The van der Waals surface area contributed by atoms with E-state index in [4.69, 9.17) is 51.4 Å². The molecular formula is C24H20Cl3N3O2S. The van der Waals surface area contributed by atoms with Gasteiger partial charge in [-0.3, -0.25) is 10.1 Å². The Bertz CT molecular complexity index is 1200. The second-order valence-electron chi connectivity index (χ2n) is 7.47. The number of hydrogen-bond acceptors (Lipinski definition) is 4. The van der Waals surface area contributed by atoms with Gasteiger partial charge in [-0.1, -0.05) is 40.9 Å². The molecule has 33 heavy (non-hydrogen) atoms. The van der Waals surface area contributed by atoms with E-state index in [1.807, 2.05) is 18.2 Å². The number of para-hydroxylation sites is 1. The standard InChI is InChI=1S/C24H20Cl3N3O2S/c25-16-12-15(13-17(26)14-16)21-8-6-18(32-21)7-9-22(31)29-24(33)28-20-5-3-4-19(27)23(20)30-10-1-2-11-30/h3-9,12-14H,1-2,10-11H2,(H2,28,29,31,33)/b9-7+. The Hall–Kier alpha value is -2.51. The maximum atomic E-state index is 12.4. The fourth-order valence-electron chi connectivity index (χ4n) is 3.64. The zero-order chi connectivity index (χ0) is 23.4. The third kappa shape index (κ3) is 6.09. The predicted octanol–water partition coefficient (Wildman–Crippen LogP) is 7.03. The molecule has 2 heterocycles. The monoisotopic (exact) mass is 519 g/mol. The van der Waals surface area contributed by atoms with E-state index in [0.717, 1.165) is 42.9 Å². The van der Waals surface area contributed by atoms with Gasteiger partial charge in [-0.15, -0.1) is 0 Å². The lowest BCUT2D eigenvalue weighted by atomic mass is 10.2. The van der Waals surface area contributed by atoms with Gasteiger partial charge in [0, 0.05) is 34.8 Å². The van der Waals surface area contributed by atoms with Crippen LogP contribution in [0.2, 0.25) is 15.1 Å². The number of benzene rings is 2. The van der Waals surface area contributed by atoms with Crippen molar-refractivity contribution in [3.8, 4) is 11.3 Å². The van der Waals surface area contributed by atoms with E-state index in [2.05, 4.69) is 15.5 Å². The smallest absolute Gasteiger partial charge is 0.250 e. The first-order valence-electron chi connectivity index (χ1n) is 10.3. The second-order valence-corrected chi connectivity index (χ2v) is 9.16. The zero-order valence-electron chi connectivity index (χ0n) is 17.4. The highest BCUT2D eigenvalue weighted by Gasteiger charge is 2.19. The minimum atomic E-state index is -0.388. The Morgan fingerprint density at radius 2 is 1.76 bits per heavy atom. The maximum absolute atomic E-state index is 12.4. The molecule has 1 saturated heterocycles. The predicted molar refractivity (Wildman–Crippen MR) is 140 cm³/mol. The van der Waals surface area contributed by atoms with Crippen LogP contribution in [0.25, 0.3) is 17.4 Å². The number of halogens is 3. The lowest BCUT2D eigenvalue weighted by molar-refractivity contribution is -0.115. The molecule has 0 bridgehead atoms. The summed E-state index contributed by atoms with van der Waals surface area (Å²) in [5, 5.41) is 7.58. The average Bonchev–Trinajstić information content (AvgIpc) is 3.44. The third-order valence-corrected chi connectivity index (χ3v) is 6.01. The van der Waals surface area contributed by atoms with Crippen molar-refractivity contribution < 1.29 is 9.21 Å². The largest absolute Gasteiger partial charge is 0.457 e. The molecule has 1 fully saturated rings. The van der Waals surface area contributed by atoms with Gasteiger partial charge in [-0.05, 0) is 73.6 Å². The van der Waals surface area contributed by atoms with Gasteiger partial charge >= 0.3 is 0 Å². The van der Waals surface area contributed by atoms with Gasteiger partial charge in [0.25, 0.3) is 0 Å². The fourth-order valence-corrected chi connectivity index (χ4v) is 4.67. The van der Waals surface area contributed by atoms with Crippen LogP contribution in [0.1, 0.15) is 18.6 Å². The zero-order valence-corrected chi connectivity index (χ0v) is 20.5. The molecule has 1 aromatic heterocycles. The minimum absolute atomic E-state index is 0.182. The topological polar surface area (TPSA) is 57.5 Å². The molecule has 0 unspecified atom stereocenters. The first-order valence-corrected chi connectivity index (χ1v) is 11.8. The van der Waals surface area contributed by atoms with Crippen molar-refractivity contribution in [2.24, 2.45) is 0 Å².